The first-order valence-electron chi connectivity index (χ1n) is 10.5. The van der Waals surface area contributed by atoms with Crippen LogP contribution in [0.15, 0.2) is 88.1 Å². The molecule has 1 atom stereocenters. The average Bonchev–Trinajstić information content (AvgIpc) is 3.50. The fourth-order valence-electron chi connectivity index (χ4n) is 3.73. The van der Waals surface area contributed by atoms with Gasteiger partial charge in [-0.05, 0) is 45.8 Å². The van der Waals surface area contributed by atoms with Gasteiger partial charge >= 0.3 is 5.97 Å². The first-order chi connectivity index (χ1) is 16.6. The Hall–Kier alpha value is -3.98. The molecule has 3 aromatic heterocycles. The number of hydrogen-bond donors (Lipinski definition) is 1. The van der Waals surface area contributed by atoms with Crippen LogP contribution in [0.5, 0.6) is 5.75 Å². The van der Waals surface area contributed by atoms with E-state index in [1.165, 1.54) is 6.26 Å². The third kappa shape index (κ3) is 4.55. The molecule has 0 saturated carbocycles. The van der Waals surface area contributed by atoms with Crippen LogP contribution in [0.3, 0.4) is 0 Å². The molecule has 0 saturated heterocycles. The highest BCUT2D eigenvalue weighted by molar-refractivity contribution is 9.10. The van der Waals surface area contributed by atoms with Crippen LogP contribution >= 0.6 is 15.9 Å². The van der Waals surface area contributed by atoms with Gasteiger partial charge in [-0.2, -0.15) is 5.10 Å². The number of carboxylic acid groups (broad SMARTS) is 1. The molecule has 5 rings (SSSR count). The predicted molar refractivity (Wildman–Crippen MR) is 127 cm³/mol. The van der Waals surface area contributed by atoms with Crippen molar-refractivity contribution < 1.29 is 19.2 Å². The molecule has 0 bridgehead atoms. The molecular formula is C25H19BrN4O4. The van der Waals surface area contributed by atoms with Crippen molar-refractivity contribution >= 4 is 27.4 Å². The molecule has 0 aliphatic carbocycles. The van der Waals surface area contributed by atoms with Crippen LogP contribution in [-0.4, -0.2) is 31.1 Å². The van der Waals surface area contributed by atoms with E-state index in [1.54, 1.807) is 22.8 Å². The average molecular weight is 519 g/mol. The zero-order valence-electron chi connectivity index (χ0n) is 17.8. The van der Waals surface area contributed by atoms with Gasteiger partial charge in [0.25, 0.3) is 0 Å². The number of carbonyl (C=O) groups is 1. The first kappa shape index (κ1) is 21.8. The van der Waals surface area contributed by atoms with Gasteiger partial charge in [-0.15, -0.1) is 9.73 Å². The summed E-state index contributed by atoms with van der Waals surface area (Å²) in [5.41, 5.74) is 4.81. The van der Waals surface area contributed by atoms with E-state index in [9.17, 15) is 9.90 Å². The highest BCUT2D eigenvalue weighted by Gasteiger charge is 2.20. The number of benzene rings is 2. The Morgan fingerprint density at radius 3 is 2.53 bits per heavy atom. The summed E-state index contributed by atoms with van der Waals surface area (Å²) in [6.07, 6.45) is 1.35. The summed E-state index contributed by atoms with van der Waals surface area (Å²) in [6, 6.07) is 22.7. The summed E-state index contributed by atoms with van der Waals surface area (Å²) in [7, 11) is 0. The summed E-state index contributed by atoms with van der Waals surface area (Å²) >= 11 is 3.63. The van der Waals surface area contributed by atoms with Gasteiger partial charge in [0, 0.05) is 17.5 Å². The summed E-state index contributed by atoms with van der Waals surface area (Å²) in [5.74, 6) is -0.659. The van der Waals surface area contributed by atoms with Crippen molar-refractivity contribution in [3.63, 3.8) is 0 Å². The Bertz CT molecular complexity index is 1420. The van der Waals surface area contributed by atoms with E-state index in [1.807, 2.05) is 54.6 Å². The maximum absolute atomic E-state index is 11.3. The number of hydrogen-bond acceptors (Lipinski definition) is 6. The van der Waals surface area contributed by atoms with E-state index < -0.39 is 11.9 Å². The van der Waals surface area contributed by atoms with Crippen LogP contribution in [0.2, 0.25) is 0 Å². The smallest absolute Gasteiger partial charge is 0.304 e. The maximum Gasteiger partial charge on any atom is 0.304 e. The molecule has 1 unspecified atom stereocenters. The minimum atomic E-state index is -0.907. The van der Waals surface area contributed by atoms with E-state index in [2.05, 4.69) is 31.3 Å². The maximum atomic E-state index is 11.3. The molecule has 2 aromatic carbocycles. The number of fused-ring (bicyclic) bond motifs is 1. The lowest BCUT2D eigenvalue weighted by molar-refractivity contribution is -0.137. The Morgan fingerprint density at radius 2 is 1.82 bits per heavy atom. The SMILES string of the molecule is O=C(O)CC(c1ccc(OCc2ccc3c(Br)c(-c4ccccc4)nn3n2)cc1)c1ccon1. The van der Waals surface area contributed by atoms with E-state index in [-0.39, 0.29) is 13.0 Å². The van der Waals surface area contributed by atoms with E-state index in [0.717, 1.165) is 32.5 Å². The van der Waals surface area contributed by atoms with E-state index >= 15 is 0 Å². The van der Waals surface area contributed by atoms with Gasteiger partial charge < -0.3 is 14.4 Å². The zero-order chi connectivity index (χ0) is 23.5. The number of aliphatic carboxylic acids is 1. The van der Waals surface area contributed by atoms with E-state index in [0.29, 0.717) is 11.4 Å². The van der Waals surface area contributed by atoms with Gasteiger partial charge in [0.2, 0.25) is 0 Å². The van der Waals surface area contributed by atoms with Crippen molar-refractivity contribution in [1.29, 1.82) is 0 Å². The molecule has 0 radical (unpaired) electrons. The molecule has 5 aromatic rings. The molecule has 0 aliphatic heterocycles. The third-order valence-electron chi connectivity index (χ3n) is 5.41. The van der Waals surface area contributed by atoms with Crippen LogP contribution in [-0.2, 0) is 11.4 Å². The summed E-state index contributed by atoms with van der Waals surface area (Å²) in [6.45, 7) is 0.259. The molecule has 170 valence electrons. The highest BCUT2D eigenvalue weighted by Crippen LogP contribution is 2.31. The first-order valence-corrected chi connectivity index (χ1v) is 11.3. The predicted octanol–water partition coefficient (Wildman–Crippen LogP) is 5.33. The lowest BCUT2D eigenvalue weighted by Crippen LogP contribution is -2.08. The number of rotatable bonds is 8. The van der Waals surface area contributed by atoms with Gasteiger partial charge in [0.15, 0.2) is 0 Å². The largest absolute Gasteiger partial charge is 0.487 e. The van der Waals surface area contributed by atoms with Crippen molar-refractivity contribution in [2.24, 2.45) is 0 Å². The van der Waals surface area contributed by atoms with Gasteiger partial charge in [-0.25, -0.2) is 0 Å². The number of nitrogens with zero attached hydrogens (tertiary/aromatic N) is 4. The van der Waals surface area contributed by atoms with Crippen LogP contribution in [0.4, 0.5) is 0 Å². The minimum Gasteiger partial charge on any atom is -0.487 e. The van der Waals surface area contributed by atoms with Gasteiger partial charge in [-0.3, -0.25) is 4.79 Å². The molecule has 34 heavy (non-hydrogen) atoms. The zero-order valence-corrected chi connectivity index (χ0v) is 19.4. The van der Waals surface area contributed by atoms with Crippen LogP contribution in [0, 0.1) is 0 Å². The van der Waals surface area contributed by atoms with Crippen LogP contribution in [0.1, 0.15) is 29.3 Å². The van der Waals surface area contributed by atoms with Gasteiger partial charge in [-0.1, -0.05) is 47.6 Å². The minimum absolute atomic E-state index is 0.0823. The standard InChI is InChI=1S/C25H19BrN4O4/c26-24-22-11-8-18(27-30(22)28-25(24)17-4-2-1-3-5-17)15-33-19-9-6-16(7-10-19)20(14-23(31)32)21-12-13-34-29-21/h1-13,20H,14-15H2,(H,31,32). The number of ether oxygens (including phenoxy) is 1. The van der Waals surface area contributed by atoms with Crippen molar-refractivity contribution in [2.75, 3.05) is 0 Å². The fourth-order valence-corrected chi connectivity index (χ4v) is 4.33. The Labute approximate surface area is 202 Å². The topological polar surface area (TPSA) is 103 Å². The highest BCUT2D eigenvalue weighted by atomic mass is 79.9. The molecule has 3 heterocycles. The lowest BCUT2D eigenvalue weighted by Gasteiger charge is -2.13. The molecule has 0 fully saturated rings. The monoisotopic (exact) mass is 518 g/mol. The second kappa shape index (κ2) is 9.48. The van der Waals surface area contributed by atoms with E-state index in [4.69, 9.17) is 9.26 Å². The molecule has 0 amide bonds. The Kier molecular flexibility index (Phi) is 6.09. The van der Waals surface area contributed by atoms with Crippen molar-refractivity contribution in [2.45, 2.75) is 18.9 Å². The fraction of sp³-hybridized carbons (Fsp3) is 0.120. The quantitative estimate of drug-likeness (QED) is 0.296. The lowest BCUT2D eigenvalue weighted by atomic mass is 9.92. The van der Waals surface area contributed by atoms with Crippen molar-refractivity contribution in [1.82, 2.24) is 20.0 Å². The Morgan fingerprint density at radius 1 is 1.03 bits per heavy atom. The summed E-state index contributed by atoms with van der Waals surface area (Å²) in [5, 5.41) is 22.4. The van der Waals surface area contributed by atoms with Crippen molar-refractivity contribution in [3.05, 3.63) is 100 Å². The van der Waals surface area contributed by atoms with Gasteiger partial charge in [0.1, 0.15) is 35.5 Å². The normalized spacial score (nSPS) is 12.0. The molecular weight excluding hydrogens is 500 g/mol. The van der Waals surface area contributed by atoms with Crippen LogP contribution in [0.25, 0.3) is 16.8 Å². The number of halogens is 1. The molecule has 8 nitrogen and oxygen atoms in total. The van der Waals surface area contributed by atoms with Gasteiger partial charge in [0.05, 0.1) is 16.6 Å². The van der Waals surface area contributed by atoms with Crippen LogP contribution < -0.4 is 4.74 Å². The number of carboxylic acids is 1. The third-order valence-corrected chi connectivity index (χ3v) is 6.19. The summed E-state index contributed by atoms with van der Waals surface area (Å²) < 4.78 is 13.3. The Balaban J connectivity index is 1.31. The number of aromatic nitrogens is 4. The molecule has 0 aliphatic rings. The molecule has 9 heteroatoms. The summed E-state index contributed by atoms with van der Waals surface area (Å²) in [4.78, 5) is 11.3. The second-order valence-electron chi connectivity index (χ2n) is 7.66. The second-order valence-corrected chi connectivity index (χ2v) is 8.45. The van der Waals surface area contributed by atoms with Crippen molar-refractivity contribution in [3.8, 4) is 17.0 Å². The molecule has 0 spiro atoms. The molecule has 1 N–H and O–H groups in total.